The number of allylic oxidation sites excluding steroid dienone is 3. The SMILES string of the molecule is O=C(O)C1=CCC=C([N+](=O)[O-])C1. The largest absolute Gasteiger partial charge is 0.478 e. The summed E-state index contributed by atoms with van der Waals surface area (Å²) in [7, 11) is 0. The van der Waals surface area contributed by atoms with E-state index in [2.05, 4.69) is 0 Å². The number of carbonyl (C=O) groups is 1. The molecule has 0 aromatic carbocycles. The Hall–Kier alpha value is -1.65. The van der Waals surface area contributed by atoms with Crippen molar-refractivity contribution in [2.75, 3.05) is 0 Å². The van der Waals surface area contributed by atoms with Gasteiger partial charge in [-0.1, -0.05) is 6.08 Å². The summed E-state index contributed by atoms with van der Waals surface area (Å²) in [6.07, 6.45) is 3.15. The van der Waals surface area contributed by atoms with Crippen LogP contribution >= 0.6 is 0 Å². The smallest absolute Gasteiger partial charge is 0.331 e. The molecule has 0 radical (unpaired) electrons. The number of aliphatic carboxylic acids is 1. The quantitative estimate of drug-likeness (QED) is 0.493. The number of carboxylic acids is 1. The number of rotatable bonds is 2. The van der Waals surface area contributed by atoms with Crippen LogP contribution in [0.5, 0.6) is 0 Å². The summed E-state index contributed by atoms with van der Waals surface area (Å²) in [5, 5.41) is 18.8. The molecule has 0 fully saturated rings. The predicted molar refractivity (Wildman–Crippen MR) is 40.0 cm³/mol. The summed E-state index contributed by atoms with van der Waals surface area (Å²) in [4.78, 5) is 20.1. The Kier molecular flexibility index (Phi) is 2.23. The van der Waals surface area contributed by atoms with E-state index in [0.717, 1.165) is 0 Å². The molecule has 1 aliphatic carbocycles. The van der Waals surface area contributed by atoms with Gasteiger partial charge in [-0.15, -0.1) is 0 Å². The summed E-state index contributed by atoms with van der Waals surface area (Å²) in [6.45, 7) is 0. The van der Waals surface area contributed by atoms with Crippen molar-refractivity contribution in [1.82, 2.24) is 0 Å². The maximum absolute atomic E-state index is 10.4. The standard InChI is InChI=1S/C7H7NO4/c9-7(10)5-2-1-3-6(4-5)8(11)12/h2-3H,1,4H2,(H,9,10). The maximum Gasteiger partial charge on any atom is 0.331 e. The van der Waals surface area contributed by atoms with Gasteiger partial charge in [-0.3, -0.25) is 10.1 Å². The molecule has 0 amide bonds. The van der Waals surface area contributed by atoms with E-state index < -0.39 is 10.9 Å². The van der Waals surface area contributed by atoms with Crippen LogP contribution in [-0.2, 0) is 4.79 Å². The minimum atomic E-state index is -1.08. The molecule has 1 N–H and O–H groups in total. The minimum absolute atomic E-state index is 0.0325. The summed E-state index contributed by atoms with van der Waals surface area (Å²) in [5.41, 5.74) is 0.0686. The van der Waals surface area contributed by atoms with Crippen LogP contribution in [0.3, 0.4) is 0 Å². The van der Waals surface area contributed by atoms with Crippen molar-refractivity contribution in [3.05, 3.63) is 33.5 Å². The molecular weight excluding hydrogens is 162 g/mol. The molecule has 1 aliphatic rings. The lowest BCUT2D eigenvalue weighted by Gasteiger charge is -2.04. The van der Waals surface area contributed by atoms with E-state index in [1.165, 1.54) is 12.2 Å². The molecule has 0 bridgehead atoms. The third kappa shape index (κ3) is 1.69. The van der Waals surface area contributed by atoms with Crippen LogP contribution in [0.4, 0.5) is 0 Å². The number of carboxylic acid groups (broad SMARTS) is 1. The molecule has 0 unspecified atom stereocenters. The first-order valence-corrected chi connectivity index (χ1v) is 3.37. The van der Waals surface area contributed by atoms with Crippen LogP contribution in [0.2, 0.25) is 0 Å². The third-order valence-corrected chi connectivity index (χ3v) is 1.60. The van der Waals surface area contributed by atoms with Crippen LogP contribution in [0.25, 0.3) is 0 Å². The molecule has 0 saturated heterocycles. The van der Waals surface area contributed by atoms with Gasteiger partial charge in [0.05, 0.1) is 11.3 Å². The number of hydrogen-bond acceptors (Lipinski definition) is 3. The van der Waals surface area contributed by atoms with Crippen LogP contribution in [0, 0.1) is 10.1 Å². The molecule has 64 valence electrons. The van der Waals surface area contributed by atoms with Gasteiger partial charge in [-0.25, -0.2) is 4.79 Å². The van der Waals surface area contributed by atoms with E-state index in [0.29, 0.717) is 6.42 Å². The molecule has 0 spiro atoms. The zero-order chi connectivity index (χ0) is 9.14. The fourth-order valence-corrected chi connectivity index (χ4v) is 0.979. The van der Waals surface area contributed by atoms with Crippen molar-refractivity contribution in [2.24, 2.45) is 0 Å². The van der Waals surface area contributed by atoms with E-state index >= 15 is 0 Å². The van der Waals surface area contributed by atoms with Crippen molar-refractivity contribution in [1.29, 1.82) is 0 Å². The molecule has 0 heterocycles. The monoisotopic (exact) mass is 169 g/mol. The lowest BCUT2D eigenvalue weighted by atomic mass is 10.0. The second-order valence-electron chi connectivity index (χ2n) is 2.40. The lowest BCUT2D eigenvalue weighted by molar-refractivity contribution is -0.427. The maximum atomic E-state index is 10.4. The fourth-order valence-electron chi connectivity index (χ4n) is 0.979. The molecule has 0 saturated carbocycles. The normalized spacial score (nSPS) is 16.3. The highest BCUT2D eigenvalue weighted by molar-refractivity contribution is 5.87. The minimum Gasteiger partial charge on any atom is -0.478 e. The van der Waals surface area contributed by atoms with E-state index in [9.17, 15) is 14.9 Å². The van der Waals surface area contributed by atoms with E-state index in [1.807, 2.05) is 0 Å². The zero-order valence-corrected chi connectivity index (χ0v) is 6.19. The first-order chi connectivity index (χ1) is 5.61. The van der Waals surface area contributed by atoms with Crippen molar-refractivity contribution >= 4 is 5.97 Å². The van der Waals surface area contributed by atoms with Gasteiger partial charge < -0.3 is 5.11 Å². The molecule has 5 nitrogen and oxygen atoms in total. The van der Waals surface area contributed by atoms with Gasteiger partial charge in [0.15, 0.2) is 0 Å². The van der Waals surface area contributed by atoms with Crippen LogP contribution < -0.4 is 0 Å². The van der Waals surface area contributed by atoms with Crippen LogP contribution in [0.1, 0.15) is 12.8 Å². The Morgan fingerprint density at radius 1 is 1.58 bits per heavy atom. The van der Waals surface area contributed by atoms with Gasteiger partial charge in [0.1, 0.15) is 0 Å². The average Bonchev–Trinajstić information content (AvgIpc) is 2.04. The Bertz CT molecular complexity index is 262. The number of hydrogen-bond donors (Lipinski definition) is 1. The van der Waals surface area contributed by atoms with Gasteiger partial charge in [-0.2, -0.15) is 0 Å². The predicted octanol–water partition coefficient (Wildman–Crippen LogP) is 0.952. The summed E-state index contributed by atoms with van der Waals surface area (Å²) in [5.74, 6) is -1.08. The van der Waals surface area contributed by atoms with Crippen molar-refractivity contribution in [3.8, 4) is 0 Å². The number of nitro groups is 1. The Labute approximate surface area is 68.2 Å². The van der Waals surface area contributed by atoms with Gasteiger partial charge in [0.2, 0.25) is 5.70 Å². The van der Waals surface area contributed by atoms with Crippen molar-refractivity contribution < 1.29 is 14.8 Å². The van der Waals surface area contributed by atoms with Crippen LogP contribution in [-0.4, -0.2) is 16.0 Å². The highest BCUT2D eigenvalue weighted by Crippen LogP contribution is 2.18. The highest BCUT2D eigenvalue weighted by atomic mass is 16.6. The second-order valence-corrected chi connectivity index (χ2v) is 2.40. The molecule has 1 rings (SSSR count). The molecule has 5 heteroatoms. The molecule has 0 aliphatic heterocycles. The Morgan fingerprint density at radius 3 is 2.75 bits per heavy atom. The third-order valence-electron chi connectivity index (χ3n) is 1.60. The molecule has 0 atom stereocenters. The molecule has 12 heavy (non-hydrogen) atoms. The lowest BCUT2D eigenvalue weighted by Crippen LogP contribution is -2.09. The Morgan fingerprint density at radius 2 is 2.25 bits per heavy atom. The Balaban J connectivity index is 2.73. The highest BCUT2D eigenvalue weighted by Gasteiger charge is 2.20. The first-order valence-electron chi connectivity index (χ1n) is 3.37. The molecule has 0 aromatic heterocycles. The topological polar surface area (TPSA) is 80.4 Å². The van der Waals surface area contributed by atoms with Gasteiger partial charge in [0.25, 0.3) is 0 Å². The van der Waals surface area contributed by atoms with Crippen molar-refractivity contribution in [3.63, 3.8) is 0 Å². The summed E-state index contributed by atoms with van der Waals surface area (Å²) < 4.78 is 0. The number of nitrogens with zero attached hydrogens (tertiary/aromatic N) is 1. The van der Waals surface area contributed by atoms with E-state index in [-0.39, 0.29) is 17.7 Å². The fraction of sp³-hybridized carbons (Fsp3) is 0.286. The summed E-state index contributed by atoms with van der Waals surface area (Å²) >= 11 is 0. The van der Waals surface area contributed by atoms with Crippen LogP contribution in [0.15, 0.2) is 23.4 Å². The van der Waals surface area contributed by atoms with Gasteiger partial charge in [0, 0.05) is 5.57 Å². The molecule has 0 aromatic rings. The van der Waals surface area contributed by atoms with E-state index in [4.69, 9.17) is 5.11 Å². The van der Waals surface area contributed by atoms with Gasteiger partial charge >= 0.3 is 5.97 Å². The second kappa shape index (κ2) is 3.17. The van der Waals surface area contributed by atoms with E-state index in [1.54, 1.807) is 0 Å². The van der Waals surface area contributed by atoms with Crippen molar-refractivity contribution in [2.45, 2.75) is 12.8 Å². The molecular formula is C7H7NO4. The van der Waals surface area contributed by atoms with Gasteiger partial charge in [-0.05, 0) is 12.5 Å². The zero-order valence-electron chi connectivity index (χ0n) is 6.19. The first kappa shape index (κ1) is 8.45. The summed E-state index contributed by atoms with van der Waals surface area (Å²) in [6, 6.07) is 0. The average molecular weight is 169 g/mol.